The highest BCUT2D eigenvalue weighted by molar-refractivity contribution is 7.81. The largest absolute Gasteiger partial charge is 0.492 e. The Morgan fingerprint density at radius 2 is 1.66 bits per heavy atom. The van der Waals surface area contributed by atoms with Gasteiger partial charge in [-0.2, -0.15) is 18.4 Å². The number of rotatable bonds is 11. The Balaban J connectivity index is 0.961. The van der Waals surface area contributed by atoms with Crippen molar-refractivity contribution in [2.45, 2.75) is 49.9 Å². The first-order valence-electron chi connectivity index (χ1n) is 17.8. The molecule has 0 aliphatic carbocycles. The van der Waals surface area contributed by atoms with Crippen LogP contribution in [0.2, 0.25) is 5.02 Å². The highest BCUT2D eigenvalue weighted by Crippen LogP contribution is 2.42. The summed E-state index contributed by atoms with van der Waals surface area (Å²) in [6.07, 6.45) is -4.19. The van der Waals surface area contributed by atoms with E-state index in [2.05, 4.69) is 38.4 Å². The number of hydrogen-bond donors (Lipinski definition) is 4. The van der Waals surface area contributed by atoms with E-state index in [1.54, 1.807) is 67.3 Å². The van der Waals surface area contributed by atoms with Crippen LogP contribution in [0.5, 0.6) is 5.75 Å². The van der Waals surface area contributed by atoms with E-state index in [9.17, 15) is 37.6 Å². The number of alkyl halides is 3. The van der Waals surface area contributed by atoms with Crippen LogP contribution in [0.15, 0.2) is 60.7 Å². The highest BCUT2D eigenvalue weighted by atomic mass is 35.5. The maximum absolute atomic E-state index is 13.7. The quantitative estimate of drug-likeness (QED) is 0.155. The zero-order chi connectivity index (χ0) is 40.4. The van der Waals surface area contributed by atoms with Crippen LogP contribution in [-0.2, 0) is 25.4 Å². The second-order valence-electron chi connectivity index (χ2n) is 14.2. The molecule has 18 heteroatoms. The first-order chi connectivity index (χ1) is 26.5. The molecule has 0 bridgehead atoms. The Bertz CT molecular complexity index is 2040. The van der Waals surface area contributed by atoms with Gasteiger partial charge in [-0.1, -0.05) is 11.6 Å². The van der Waals surface area contributed by atoms with Gasteiger partial charge in [-0.05, 0) is 80.9 Å². The van der Waals surface area contributed by atoms with Gasteiger partial charge in [0.2, 0.25) is 17.7 Å². The van der Waals surface area contributed by atoms with E-state index in [0.717, 1.165) is 25.2 Å². The highest BCUT2D eigenvalue weighted by Gasteiger charge is 2.51. The maximum Gasteiger partial charge on any atom is 0.417 e. The number of ether oxygens (including phenoxy) is 1. The molecule has 3 saturated heterocycles. The lowest BCUT2D eigenvalue weighted by Crippen LogP contribution is -2.49. The summed E-state index contributed by atoms with van der Waals surface area (Å²) in [5.41, 5.74) is -2.11. The van der Waals surface area contributed by atoms with E-state index >= 15 is 0 Å². The number of hydrogen-bond acceptors (Lipinski definition) is 11. The number of piperidine rings is 1. The van der Waals surface area contributed by atoms with Gasteiger partial charge in [-0.15, -0.1) is 12.6 Å². The van der Waals surface area contributed by atoms with Crippen LogP contribution in [0.4, 0.5) is 35.9 Å². The van der Waals surface area contributed by atoms with E-state index in [4.69, 9.17) is 16.3 Å². The molecule has 6 rings (SSSR count). The molecule has 3 aromatic rings. The second-order valence-corrected chi connectivity index (χ2v) is 15.1. The van der Waals surface area contributed by atoms with E-state index in [1.165, 1.54) is 11.0 Å². The topological polar surface area (TPSA) is 150 Å². The zero-order valence-electron chi connectivity index (χ0n) is 30.5. The maximum atomic E-state index is 13.7. The third-order valence-corrected chi connectivity index (χ3v) is 10.6. The Kier molecular flexibility index (Phi) is 12.0. The van der Waals surface area contributed by atoms with E-state index < -0.39 is 46.2 Å². The van der Waals surface area contributed by atoms with Gasteiger partial charge < -0.3 is 20.3 Å². The lowest BCUT2D eigenvalue weighted by Gasteiger charge is -2.34. The zero-order valence-corrected chi connectivity index (χ0v) is 32.2. The van der Waals surface area contributed by atoms with Gasteiger partial charge in [0.1, 0.15) is 23.9 Å². The fourth-order valence-corrected chi connectivity index (χ4v) is 7.87. The van der Waals surface area contributed by atoms with Gasteiger partial charge in [0.25, 0.3) is 5.91 Å². The Morgan fingerprint density at radius 3 is 2.32 bits per heavy atom. The number of benzene rings is 3. The summed E-state index contributed by atoms with van der Waals surface area (Å²) in [6, 6.07) is 16.1. The number of anilines is 4. The number of imide groups is 1. The third-order valence-electron chi connectivity index (χ3n) is 9.90. The summed E-state index contributed by atoms with van der Waals surface area (Å²) in [7, 11) is 0. The molecule has 3 aliphatic heterocycles. The molecule has 3 aliphatic rings. The molecule has 3 aromatic carbocycles. The molecular weight excluding hydrogens is 773 g/mol. The first kappa shape index (κ1) is 40.6. The Hall–Kier alpha value is -5.02. The summed E-state index contributed by atoms with van der Waals surface area (Å²) in [6.45, 7) is 7.39. The lowest BCUT2D eigenvalue weighted by molar-refractivity contribution is -0.138. The van der Waals surface area contributed by atoms with Gasteiger partial charge >= 0.3 is 6.18 Å². The second kappa shape index (κ2) is 16.6. The third kappa shape index (κ3) is 9.15. The van der Waals surface area contributed by atoms with Crippen molar-refractivity contribution in [1.29, 1.82) is 5.26 Å². The molecule has 13 nitrogen and oxygen atoms in total. The molecule has 2 unspecified atom stereocenters. The predicted molar refractivity (Wildman–Crippen MR) is 208 cm³/mol. The van der Waals surface area contributed by atoms with E-state index in [0.29, 0.717) is 60.5 Å². The van der Waals surface area contributed by atoms with Gasteiger partial charge in [0, 0.05) is 66.9 Å². The van der Waals surface area contributed by atoms with E-state index in [-0.39, 0.29) is 30.5 Å². The molecule has 3 fully saturated rings. The molecule has 296 valence electrons. The Labute approximate surface area is 332 Å². The number of nitriles is 1. The van der Waals surface area contributed by atoms with Crippen LogP contribution in [0.25, 0.3) is 0 Å². The van der Waals surface area contributed by atoms with Crippen molar-refractivity contribution in [3.8, 4) is 11.8 Å². The van der Waals surface area contributed by atoms with Crippen LogP contribution in [-0.4, -0.2) is 96.4 Å². The molecule has 0 saturated carbocycles. The van der Waals surface area contributed by atoms with E-state index in [1.807, 2.05) is 0 Å². The van der Waals surface area contributed by atoms with Crippen molar-refractivity contribution in [3.63, 3.8) is 0 Å². The number of nitrogens with one attached hydrogen (secondary N) is 3. The lowest BCUT2D eigenvalue weighted by atomic mass is 10.0. The average molecular weight is 813 g/mol. The molecule has 3 heterocycles. The van der Waals surface area contributed by atoms with Gasteiger partial charge in [-0.25, -0.2) is 0 Å². The summed E-state index contributed by atoms with van der Waals surface area (Å²) >= 11 is 10.9. The minimum absolute atomic E-state index is 0.0184. The predicted octanol–water partition coefficient (Wildman–Crippen LogP) is 4.93. The van der Waals surface area contributed by atoms with Crippen LogP contribution in [0, 0.1) is 11.3 Å². The van der Waals surface area contributed by atoms with Crippen molar-refractivity contribution in [2.24, 2.45) is 0 Å². The van der Waals surface area contributed by atoms with Crippen molar-refractivity contribution >= 4 is 70.6 Å². The summed E-state index contributed by atoms with van der Waals surface area (Å²) in [4.78, 5) is 57.2. The Morgan fingerprint density at radius 1 is 1.00 bits per heavy atom. The number of piperazine rings is 1. The van der Waals surface area contributed by atoms with Gasteiger partial charge in [-0.3, -0.25) is 39.2 Å². The minimum Gasteiger partial charge on any atom is -0.492 e. The van der Waals surface area contributed by atoms with Crippen LogP contribution in [0.1, 0.15) is 37.8 Å². The van der Waals surface area contributed by atoms with Gasteiger partial charge in [0.15, 0.2) is 5.50 Å². The van der Waals surface area contributed by atoms with Crippen molar-refractivity contribution < 1.29 is 37.1 Å². The number of nitrogens with zero attached hydrogens (tertiary/aromatic N) is 5. The number of carbonyl (C=O) groups excluding carboxylic acids is 4. The fraction of sp³-hybridized carbons (Fsp3) is 0.395. The monoisotopic (exact) mass is 812 g/mol. The van der Waals surface area contributed by atoms with Crippen molar-refractivity contribution in [1.82, 2.24) is 15.1 Å². The van der Waals surface area contributed by atoms with Crippen LogP contribution < -0.4 is 30.5 Å². The number of amides is 4. The van der Waals surface area contributed by atoms with Gasteiger partial charge in [0.05, 0.1) is 23.7 Å². The number of thiol groups is 1. The normalized spacial score (nSPS) is 20.4. The van der Waals surface area contributed by atoms with Crippen LogP contribution in [0.3, 0.4) is 0 Å². The summed E-state index contributed by atoms with van der Waals surface area (Å²) < 4.78 is 47.1. The average Bonchev–Trinajstić information content (AvgIpc) is 3.31. The standard InChI is InChI=1S/C38H40ClF3N8O5S/c1-37(2)35(54)49(28-4-3-23(21-43)30(20-28)38(40,41)42)36(56)50(37)27-5-7-29(8-6-27)55-16-15-47-11-13-48(14-12-47)22-33(52)45-26-18-24(39)17-25(19-26)44-31-9-10-32(51)46-34(31)53/h3-8,17-20,31,36,44,56H,9-16,22H2,1-2H3,(H,45,52)(H,46,51,53). The fourth-order valence-electron chi connectivity index (χ4n) is 6.98. The number of halogens is 4. The SMILES string of the molecule is CC1(C)C(=O)N(c2ccc(C#N)c(C(F)(F)F)c2)C(S)N1c1ccc(OCCN2CCN(CC(=O)Nc3cc(Cl)cc(NC4CCC(=O)NC4=O)c3)CC2)cc1. The minimum atomic E-state index is -4.78. The molecular formula is C38H40ClF3N8O5S. The molecule has 2 atom stereocenters. The van der Waals surface area contributed by atoms with Crippen LogP contribution >= 0.6 is 24.2 Å². The van der Waals surface area contributed by atoms with Crippen molar-refractivity contribution in [3.05, 3.63) is 76.8 Å². The molecule has 0 aromatic heterocycles. The molecule has 56 heavy (non-hydrogen) atoms. The molecule has 0 spiro atoms. The molecule has 4 amide bonds. The molecule has 0 radical (unpaired) electrons. The van der Waals surface area contributed by atoms with Crippen molar-refractivity contribution in [2.75, 3.05) is 66.3 Å². The summed E-state index contributed by atoms with van der Waals surface area (Å²) in [5.74, 6) is -0.776. The summed E-state index contributed by atoms with van der Waals surface area (Å²) in [5, 5.41) is 17.8. The molecule has 3 N–H and O–H groups in total. The smallest absolute Gasteiger partial charge is 0.417 e. The number of carbonyl (C=O) groups is 4. The first-order valence-corrected chi connectivity index (χ1v) is 18.7.